The molecule has 0 bridgehead atoms. The summed E-state index contributed by atoms with van der Waals surface area (Å²) in [6.07, 6.45) is 2.11. The fraction of sp³-hybridized carbons (Fsp3) is 0.389. The fourth-order valence-corrected chi connectivity index (χ4v) is 3.14. The number of hydrogen-bond acceptors (Lipinski definition) is 5. The van der Waals surface area contributed by atoms with Gasteiger partial charge in [-0.15, -0.1) is 0 Å². The molecule has 1 N–H and O–H groups in total. The lowest BCUT2D eigenvalue weighted by Gasteiger charge is -2.16. The molecule has 1 aliphatic rings. The Morgan fingerprint density at radius 3 is 2.62 bits per heavy atom. The van der Waals surface area contributed by atoms with E-state index < -0.39 is 11.4 Å². The molecule has 0 aromatic carbocycles. The van der Waals surface area contributed by atoms with Crippen LogP contribution in [-0.2, 0) is 5.60 Å². The standard InChI is InChI=1S/C18H18ClFN4O2/c1-18(2,25)16-15(11-7-6-10(20)17(19)21-11)24-13(22-16)8-12(26-3)14(23-24)9-4-5-9/h6-9,25H,4-5H2,1-3H3. The summed E-state index contributed by atoms with van der Waals surface area (Å²) in [7, 11) is 1.60. The summed E-state index contributed by atoms with van der Waals surface area (Å²) in [4.78, 5) is 8.65. The van der Waals surface area contributed by atoms with Crippen molar-refractivity contribution in [1.29, 1.82) is 0 Å². The molecule has 0 amide bonds. The third kappa shape index (κ3) is 2.81. The maximum Gasteiger partial charge on any atom is 0.165 e. The number of hydrogen-bond donors (Lipinski definition) is 1. The van der Waals surface area contributed by atoms with E-state index in [1.165, 1.54) is 12.1 Å². The molecule has 1 saturated carbocycles. The van der Waals surface area contributed by atoms with Gasteiger partial charge in [0.05, 0.1) is 12.8 Å². The highest BCUT2D eigenvalue weighted by molar-refractivity contribution is 6.29. The molecule has 0 spiro atoms. The molecule has 0 saturated heterocycles. The Bertz CT molecular complexity index is 1010. The number of rotatable bonds is 4. The second kappa shape index (κ2) is 5.89. The van der Waals surface area contributed by atoms with Crippen molar-refractivity contribution in [3.8, 4) is 17.1 Å². The Morgan fingerprint density at radius 1 is 1.31 bits per heavy atom. The van der Waals surface area contributed by atoms with Crippen LogP contribution in [0.4, 0.5) is 4.39 Å². The Kier molecular flexibility index (Phi) is 3.89. The topological polar surface area (TPSA) is 72.5 Å². The maximum atomic E-state index is 13.6. The lowest BCUT2D eigenvalue weighted by Crippen LogP contribution is -2.18. The van der Waals surface area contributed by atoms with Crippen LogP contribution in [0.15, 0.2) is 18.2 Å². The molecule has 0 atom stereocenters. The molecule has 1 fully saturated rings. The summed E-state index contributed by atoms with van der Waals surface area (Å²) in [5.74, 6) is 0.409. The van der Waals surface area contributed by atoms with Crippen molar-refractivity contribution in [3.05, 3.63) is 40.6 Å². The molecule has 8 heteroatoms. The van der Waals surface area contributed by atoms with Gasteiger partial charge in [-0.3, -0.25) is 0 Å². The minimum atomic E-state index is -1.25. The van der Waals surface area contributed by atoms with E-state index in [1.54, 1.807) is 31.5 Å². The first-order valence-electron chi connectivity index (χ1n) is 8.32. The van der Waals surface area contributed by atoms with Crippen molar-refractivity contribution in [3.63, 3.8) is 0 Å². The van der Waals surface area contributed by atoms with Gasteiger partial charge < -0.3 is 9.84 Å². The summed E-state index contributed by atoms with van der Waals surface area (Å²) in [6, 6.07) is 4.54. The minimum absolute atomic E-state index is 0.241. The Hall–Kier alpha value is -2.25. The van der Waals surface area contributed by atoms with Crippen molar-refractivity contribution in [2.24, 2.45) is 0 Å². The molecule has 26 heavy (non-hydrogen) atoms. The van der Waals surface area contributed by atoms with Gasteiger partial charge in [-0.25, -0.2) is 18.9 Å². The monoisotopic (exact) mass is 376 g/mol. The number of pyridine rings is 1. The normalized spacial score (nSPS) is 14.8. The molecule has 4 rings (SSSR count). The number of imidazole rings is 1. The third-order valence-corrected chi connectivity index (χ3v) is 4.67. The number of ether oxygens (including phenoxy) is 1. The number of fused-ring (bicyclic) bond motifs is 1. The first kappa shape index (κ1) is 17.2. The van der Waals surface area contributed by atoms with Gasteiger partial charge in [0.25, 0.3) is 0 Å². The zero-order valence-electron chi connectivity index (χ0n) is 14.6. The van der Waals surface area contributed by atoms with Gasteiger partial charge in [-0.1, -0.05) is 11.6 Å². The second-order valence-electron chi connectivity index (χ2n) is 6.98. The fourth-order valence-electron chi connectivity index (χ4n) is 2.98. The van der Waals surface area contributed by atoms with Gasteiger partial charge in [-0.2, -0.15) is 5.10 Å². The van der Waals surface area contributed by atoms with Crippen LogP contribution in [-0.4, -0.2) is 31.8 Å². The number of halogens is 2. The van der Waals surface area contributed by atoms with E-state index in [0.717, 1.165) is 18.5 Å². The van der Waals surface area contributed by atoms with Crippen LogP contribution in [0.2, 0.25) is 5.15 Å². The van der Waals surface area contributed by atoms with E-state index in [1.807, 2.05) is 0 Å². The molecule has 3 aromatic rings. The minimum Gasteiger partial charge on any atom is -0.495 e. The molecule has 6 nitrogen and oxygen atoms in total. The predicted octanol–water partition coefficient (Wildman–Crippen LogP) is 3.70. The highest BCUT2D eigenvalue weighted by Gasteiger charge is 2.32. The highest BCUT2D eigenvalue weighted by Crippen LogP contribution is 2.44. The molecule has 136 valence electrons. The number of aliphatic hydroxyl groups is 1. The van der Waals surface area contributed by atoms with Crippen LogP contribution in [0.25, 0.3) is 17.0 Å². The van der Waals surface area contributed by atoms with Gasteiger partial charge >= 0.3 is 0 Å². The van der Waals surface area contributed by atoms with Crippen LogP contribution in [0.1, 0.15) is 44.0 Å². The molecular weight excluding hydrogens is 359 g/mol. The van der Waals surface area contributed by atoms with Gasteiger partial charge in [0, 0.05) is 12.0 Å². The zero-order chi connectivity index (χ0) is 18.6. The Labute approximate surface area is 154 Å². The smallest absolute Gasteiger partial charge is 0.165 e. The summed E-state index contributed by atoms with van der Waals surface area (Å²) in [5.41, 5.74) is 1.36. The summed E-state index contributed by atoms with van der Waals surface area (Å²) < 4.78 is 20.7. The maximum absolute atomic E-state index is 13.6. The molecular formula is C18H18ClFN4O2. The molecule has 0 unspecified atom stereocenters. The van der Waals surface area contributed by atoms with Crippen LogP contribution < -0.4 is 4.74 Å². The third-order valence-electron chi connectivity index (χ3n) is 4.41. The number of nitrogens with zero attached hydrogens (tertiary/aromatic N) is 4. The van der Waals surface area contributed by atoms with Crippen molar-refractivity contribution < 1.29 is 14.2 Å². The first-order valence-corrected chi connectivity index (χ1v) is 8.70. The largest absolute Gasteiger partial charge is 0.495 e. The predicted molar refractivity (Wildman–Crippen MR) is 95.0 cm³/mol. The molecule has 3 aromatic heterocycles. The molecule has 3 heterocycles. The van der Waals surface area contributed by atoms with E-state index in [0.29, 0.717) is 34.4 Å². The van der Waals surface area contributed by atoms with Crippen molar-refractivity contribution in [2.45, 2.75) is 38.2 Å². The van der Waals surface area contributed by atoms with Gasteiger partial charge in [0.1, 0.15) is 28.4 Å². The van der Waals surface area contributed by atoms with Gasteiger partial charge in [0.15, 0.2) is 16.6 Å². The van der Waals surface area contributed by atoms with E-state index in [-0.39, 0.29) is 5.15 Å². The van der Waals surface area contributed by atoms with Gasteiger partial charge in [-0.05, 0) is 38.8 Å². The summed E-state index contributed by atoms with van der Waals surface area (Å²) in [5, 5.41) is 15.1. The zero-order valence-corrected chi connectivity index (χ0v) is 15.4. The van der Waals surface area contributed by atoms with Crippen molar-refractivity contribution >= 4 is 17.2 Å². The molecule has 1 aliphatic carbocycles. The van der Waals surface area contributed by atoms with Crippen LogP contribution in [0, 0.1) is 5.82 Å². The SMILES string of the molecule is COc1cc2nc(C(C)(C)O)c(-c3ccc(F)c(Cl)n3)n2nc1C1CC1. The average Bonchev–Trinajstić information content (AvgIpc) is 3.35. The lowest BCUT2D eigenvalue weighted by atomic mass is 10.0. The quantitative estimate of drug-likeness (QED) is 0.703. The highest BCUT2D eigenvalue weighted by atomic mass is 35.5. The average molecular weight is 377 g/mol. The van der Waals surface area contributed by atoms with Crippen LogP contribution in [0.3, 0.4) is 0 Å². The van der Waals surface area contributed by atoms with Crippen molar-refractivity contribution in [1.82, 2.24) is 19.6 Å². The van der Waals surface area contributed by atoms with Crippen molar-refractivity contribution in [2.75, 3.05) is 7.11 Å². The van der Waals surface area contributed by atoms with Crippen LogP contribution in [0.5, 0.6) is 5.75 Å². The summed E-state index contributed by atoms with van der Waals surface area (Å²) >= 11 is 5.87. The number of aromatic nitrogens is 4. The Balaban J connectivity index is 2.04. The molecule has 0 radical (unpaired) electrons. The van der Waals surface area contributed by atoms with E-state index >= 15 is 0 Å². The Morgan fingerprint density at radius 2 is 2.04 bits per heavy atom. The first-order chi connectivity index (χ1) is 12.3. The van der Waals surface area contributed by atoms with Crippen LogP contribution >= 0.6 is 11.6 Å². The summed E-state index contributed by atoms with van der Waals surface area (Å²) in [6.45, 7) is 3.25. The van der Waals surface area contributed by atoms with E-state index in [9.17, 15) is 9.50 Å². The van der Waals surface area contributed by atoms with E-state index in [4.69, 9.17) is 21.4 Å². The number of methoxy groups -OCH3 is 1. The van der Waals surface area contributed by atoms with Gasteiger partial charge in [0.2, 0.25) is 0 Å². The second-order valence-corrected chi connectivity index (χ2v) is 7.34. The lowest BCUT2D eigenvalue weighted by molar-refractivity contribution is 0.0750. The van der Waals surface area contributed by atoms with E-state index in [2.05, 4.69) is 9.97 Å². The molecule has 0 aliphatic heterocycles.